The van der Waals surface area contributed by atoms with Gasteiger partial charge in [0, 0.05) is 19.1 Å². The molecule has 1 aliphatic heterocycles. The highest BCUT2D eigenvalue weighted by atomic mass is 32.2. The molecule has 144 valence electrons. The Kier molecular flexibility index (Phi) is 6.03. The summed E-state index contributed by atoms with van der Waals surface area (Å²) in [5, 5.41) is 3.20. The number of piperidine rings is 1. The highest BCUT2D eigenvalue weighted by molar-refractivity contribution is 7.89. The lowest BCUT2D eigenvalue weighted by molar-refractivity contribution is -0.127. The molecule has 6 heteroatoms. The van der Waals surface area contributed by atoms with Crippen LogP contribution in [0.3, 0.4) is 0 Å². The van der Waals surface area contributed by atoms with Crippen molar-refractivity contribution >= 4 is 15.9 Å². The molecule has 1 saturated carbocycles. The third-order valence-electron chi connectivity index (χ3n) is 5.85. The summed E-state index contributed by atoms with van der Waals surface area (Å²) in [4.78, 5) is 13.0. The minimum Gasteiger partial charge on any atom is -0.353 e. The zero-order valence-electron chi connectivity index (χ0n) is 15.8. The Bertz CT molecular complexity index is 730. The second kappa shape index (κ2) is 8.09. The summed E-state index contributed by atoms with van der Waals surface area (Å²) < 4.78 is 27.3. The second-order valence-electron chi connectivity index (χ2n) is 7.89. The molecule has 1 N–H and O–H groups in total. The van der Waals surface area contributed by atoms with Crippen LogP contribution in [-0.4, -0.2) is 37.8 Å². The zero-order valence-corrected chi connectivity index (χ0v) is 16.6. The van der Waals surface area contributed by atoms with E-state index in [1.165, 1.54) is 10.7 Å². The molecule has 0 aromatic heterocycles. The van der Waals surface area contributed by atoms with E-state index in [0.29, 0.717) is 17.4 Å². The minimum absolute atomic E-state index is 0.0209. The van der Waals surface area contributed by atoms with Gasteiger partial charge in [-0.25, -0.2) is 8.42 Å². The van der Waals surface area contributed by atoms with E-state index >= 15 is 0 Å². The number of nitrogens with zero attached hydrogens (tertiary/aromatic N) is 1. The number of carbonyl (C=O) groups excluding carboxylic acids is 1. The van der Waals surface area contributed by atoms with Gasteiger partial charge in [-0.3, -0.25) is 4.79 Å². The van der Waals surface area contributed by atoms with Crippen molar-refractivity contribution in [3.63, 3.8) is 0 Å². The summed E-state index contributed by atoms with van der Waals surface area (Å²) in [6.07, 6.45) is 6.07. The molecule has 1 aromatic rings. The molecule has 0 bridgehead atoms. The Labute approximate surface area is 157 Å². The Morgan fingerprint density at radius 1 is 1.08 bits per heavy atom. The van der Waals surface area contributed by atoms with Crippen LogP contribution in [0.25, 0.3) is 0 Å². The lowest BCUT2D eigenvalue weighted by Gasteiger charge is -2.34. The topological polar surface area (TPSA) is 66.5 Å². The summed E-state index contributed by atoms with van der Waals surface area (Å²) in [7, 11) is -3.54. The molecule has 1 aromatic carbocycles. The predicted molar refractivity (Wildman–Crippen MR) is 102 cm³/mol. The van der Waals surface area contributed by atoms with Crippen molar-refractivity contribution in [3.8, 4) is 0 Å². The van der Waals surface area contributed by atoms with Crippen LogP contribution in [0.5, 0.6) is 0 Å². The van der Waals surface area contributed by atoms with Gasteiger partial charge >= 0.3 is 0 Å². The molecule has 2 fully saturated rings. The number of rotatable bonds is 4. The first-order valence-electron chi connectivity index (χ1n) is 9.75. The molecule has 0 spiro atoms. The van der Waals surface area contributed by atoms with Crippen molar-refractivity contribution in [1.82, 2.24) is 9.62 Å². The fraction of sp³-hybridized carbons (Fsp3) is 0.650. The van der Waals surface area contributed by atoms with Crippen molar-refractivity contribution in [3.05, 3.63) is 29.8 Å². The first-order valence-corrected chi connectivity index (χ1v) is 11.2. The molecular weight excluding hydrogens is 348 g/mol. The first kappa shape index (κ1) is 19.4. The van der Waals surface area contributed by atoms with E-state index in [0.717, 1.165) is 37.7 Å². The van der Waals surface area contributed by atoms with Gasteiger partial charge in [0.25, 0.3) is 0 Å². The van der Waals surface area contributed by atoms with E-state index in [9.17, 15) is 13.2 Å². The van der Waals surface area contributed by atoms with Crippen molar-refractivity contribution in [2.75, 3.05) is 13.1 Å². The fourth-order valence-corrected chi connectivity index (χ4v) is 5.59. The Balaban J connectivity index is 1.66. The maximum absolute atomic E-state index is 12.9. The van der Waals surface area contributed by atoms with Gasteiger partial charge in [0.2, 0.25) is 15.9 Å². The first-order chi connectivity index (χ1) is 12.4. The van der Waals surface area contributed by atoms with Crippen molar-refractivity contribution in [2.24, 2.45) is 11.8 Å². The molecule has 0 radical (unpaired) electrons. The van der Waals surface area contributed by atoms with Gasteiger partial charge in [-0.1, -0.05) is 37.5 Å². The van der Waals surface area contributed by atoms with Crippen molar-refractivity contribution in [1.29, 1.82) is 0 Å². The molecule has 3 rings (SSSR count). The number of amides is 1. The van der Waals surface area contributed by atoms with Crippen LogP contribution in [0.15, 0.2) is 29.2 Å². The Hall–Kier alpha value is -1.40. The lowest BCUT2D eigenvalue weighted by Crippen LogP contribution is -2.49. The maximum atomic E-state index is 12.9. The molecule has 1 heterocycles. The molecule has 1 amide bonds. The average Bonchev–Trinajstić information content (AvgIpc) is 2.64. The normalized spacial score (nSPS) is 27.8. The van der Waals surface area contributed by atoms with Gasteiger partial charge in [-0.15, -0.1) is 0 Å². The van der Waals surface area contributed by atoms with E-state index in [1.54, 1.807) is 12.1 Å². The summed E-state index contributed by atoms with van der Waals surface area (Å²) in [6, 6.07) is 7.16. The van der Waals surface area contributed by atoms with Gasteiger partial charge in [0.05, 0.1) is 10.8 Å². The van der Waals surface area contributed by atoms with Gasteiger partial charge in [-0.2, -0.15) is 4.31 Å². The summed E-state index contributed by atoms with van der Waals surface area (Å²) in [5.74, 6) is 0.273. The maximum Gasteiger partial charge on any atom is 0.243 e. The largest absolute Gasteiger partial charge is 0.353 e. The molecular formula is C20H30N2O3S. The van der Waals surface area contributed by atoms with Crippen molar-refractivity contribution in [2.45, 2.75) is 63.3 Å². The van der Waals surface area contributed by atoms with Crippen LogP contribution in [0.4, 0.5) is 0 Å². The Morgan fingerprint density at radius 2 is 1.77 bits per heavy atom. The monoisotopic (exact) mass is 378 g/mol. The molecule has 1 aliphatic carbocycles. The molecule has 2 aliphatic rings. The van der Waals surface area contributed by atoms with E-state index in [2.05, 4.69) is 12.2 Å². The van der Waals surface area contributed by atoms with Crippen LogP contribution in [0.1, 0.15) is 51.0 Å². The molecule has 0 unspecified atom stereocenters. The summed E-state index contributed by atoms with van der Waals surface area (Å²) in [6.45, 7) is 4.89. The number of hydrogen-bond donors (Lipinski definition) is 1. The third kappa shape index (κ3) is 4.29. The second-order valence-corrected chi connectivity index (χ2v) is 9.83. The Morgan fingerprint density at radius 3 is 2.46 bits per heavy atom. The van der Waals surface area contributed by atoms with Crippen LogP contribution in [0.2, 0.25) is 0 Å². The van der Waals surface area contributed by atoms with Crippen LogP contribution in [-0.2, 0) is 14.8 Å². The van der Waals surface area contributed by atoms with Gasteiger partial charge < -0.3 is 5.32 Å². The zero-order chi connectivity index (χ0) is 18.7. The molecule has 5 nitrogen and oxygen atoms in total. The van der Waals surface area contributed by atoms with Gasteiger partial charge in [0.1, 0.15) is 0 Å². The minimum atomic E-state index is -3.54. The van der Waals surface area contributed by atoms with Crippen LogP contribution in [0, 0.1) is 18.8 Å². The highest BCUT2D eigenvalue weighted by Crippen LogP contribution is 2.27. The van der Waals surface area contributed by atoms with E-state index in [1.807, 2.05) is 19.1 Å². The third-order valence-corrected chi connectivity index (χ3v) is 7.73. The van der Waals surface area contributed by atoms with Crippen LogP contribution >= 0.6 is 0 Å². The summed E-state index contributed by atoms with van der Waals surface area (Å²) in [5.41, 5.74) is 1.03. The van der Waals surface area contributed by atoms with Gasteiger partial charge in [0.15, 0.2) is 0 Å². The summed E-state index contributed by atoms with van der Waals surface area (Å²) >= 11 is 0. The van der Waals surface area contributed by atoms with Crippen molar-refractivity contribution < 1.29 is 13.2 Å². The number of hydrogen-bond acceptors (Lipinski definition) is 3. The smallest absolute Gasteiger partial charge is 0.243 e. The number of nitrogens with one attached hydrogen (secondary N) is 1. The average molecular weight is 379 g/mol. The van der Waals surface area contributed by atoms with E-state index in [4.69, 9.17) is 0 Å². The highest BCUT2D eigenvalue weighted by Gasteiger charge is 2.34. The van der Waals surface area contributed by atoms with E-state index < -0.39 is 10.0 Å². The number of carbonyl (C=O) groups is 1. The number of aryl methyl sites for hydroxylation is 1. The molecule has 26 heavy (non-hydrogen) atoms. The van der Waals surface area contributed by atoms with E-state index in [-0.39, 0.29) is 24.4 Å². The fourth-order valence-electron chi connectivity index (χ4n) is 4.07. The number of benzene rings is 1. The quantitative estimate of drug-likeness (QED) is 0.875. The number of sulfonamides is 1. The predicted octanol–water partition coefficient (Wildman–Crippen LogP) is 3.09. The SMILES string of the molecule is Cc1ccc(S(=O)(=O)N2CCC[C@H](C(=O)N[C@@H]3CCCC[C@@H]3C)C2)cc1. The molecule has 3 atom stereocenters. The van der Waals surface area contributed by atoms with Gasteiger partial charge in [-0.05, 0) is 50.7 Å². The van der Waals surface area contributed by atoms with Crippen LogP contribution < -0.4 is 5.32 Å². The molecule has 1 saturated heterocycles. The lowest BCUT2D eigenvalue weighted by atomic mass is 9.85. The standard InChI is InChI=1S/C20H30N2O3S/c1-15-9-11-18(12-10-15)26(24,25)22-13-5-7-17(14-22)20(23)21-19-8-4-3-6-16(19)2/h9-12,16-17,19H,3-8,13-14H2,1-2H3,(H,21,23)/t16-,17-,19+/m0/s1.